The van der Waals surface area contributed by atoms with Crippen molar-refractivity contribution in [3.63, 3.8) is 0 Å². The zero-order chi connectivity index (χ0) is 21.0. The number of aromatic nitrogens is 1. The summed E-state index contributed by atoms with van der Waals surface area (Å²) in [4.78, 5) is 45.3. The maximum absolute atomic E-state index is 13.2. The second kappa shape index (κ2) is 9.46. The number of rotatable bonds is 4. The first-order chi connectivity index (χ1) is 13.9. The van der Waals surface area contributed by atoms with Gasteiger partial charge in [0.25, 0.3) is 5.91 Å². The number of aromatic amines is 1. The van der Waals surface area contributed by atoms with Crippen molar-refractivity contribution in [3.8, 4) is 0 Å². The maximum Gasteiger partial charge on any atom is 0.340 e. The van der Waals surface area contributed by atoms with Crippen molar-refractivity contribution in [1.29, 1.82) is 0 Å². The molecule has 0 aromatic carbocycles. The average Bonchev–Trinajstić information content (AvgIpc) is 2.89. The predicted octanol–water partition coefficient (Wildman–Crippen LogP) is 3.06. The second-order valence-corrected chi connectivity index (χ2v) is 8.18. The first-order valence-electron chi connectivity index (χ1n) is 10.9. The Hall–Kier alpha value is -2.31. The van der Waals surface area contributed by atoms with E-state index in [2.05, 4.69) is 4.98 Å². The molecule has 2 fully saturated rings. The molecule has 1 aromatic rings. The van der Waals surface area contributed by atoms with Crippen LogP contribution < -0.4 is 0 Å². The monoisotopic (exact) mass is 403 g/mol. The van der Waals surface area contributed by atoms with Crippen molar-refractivity contribution in [2.75, 3.05) is 32.8 Å². The Bertz CT molecular complexity index is 762. The van der Waals surface area contributed by atoms with Crippen molar-refractivity contribution in [3.05, 3.63) is 22.5 Å². The minimum absolute atomic E-state index is 0.133. The van der Waals surface area contributed by atoms with Crippen LogP contribution in [0.4, 0.5) is 0 Å². The summed E-state index contributed by atoms with van der Waals surface area (Å²) in [6.07, 6.45) is 6.16. The lowest BCUT2D eigenvalue weighted by molar-refractivity contribution is -0.136. The van der Waals surface area contributed by atoms with Crippen LogP contribution in [0.25, 0.3) is 0 Å². The number of nitrogens with one attached hydrogen (secondary N) is 1. The molecule has 2 aliphatic heterocycles. The number of likely N-dealkylation sites (tertiary alicyclic amines) is 2. The number of nitrogens with zero attached hydrogens (tertiary/aromatic N) is 2. The highest BCUT2D eigenvalue weighted by atomic mass is 16.5. The van der Waals surface area contributed by atoms with E-state index < -0.39 is 5.97 Å². The van der Waals surface area contributed by atoms with Gasteiger partial charge in [-0.3, -0.25) is 9.59 Å². The van der Waals surface area contributed by atoms with Crippen LogP contribution in [-0.4, -0.2) is 65.4 Å². The second-order valence-electron chi connectivity index (χ2n) is 8.18. The van der Waals surface area contributed by atoms with E-state index in [0.29, 0.717) is 42.2 Å². The van der Waals surface area contributed by atoms with E-state index >= 15 is 0 Å². The summed E-state index contributed by atoms with van der Waals surface area (Å²) >= 11 is 0. The number of carbonyl (C=O) groups excluding carboxylic acids is 3. The molecule has 0 radical (unpaired) electrons. The number of aryl methyl sites for hydroxylation is 1. The third-order valence-corrected chi connectivity index (χ3v) is 6.11. The number of piperidine rings is 1. The number of H-pyrrole nitrogens is 1. The van der Waals surface area contributed by atoms with Crippen LogP contribution in [0.2, 0.25) is 0 Å². The third-order valence-electron chi connectivity index (χ3n) is 6.11. The topological polar surface area (TPSA) is 82.7 Å². The van der Waals surface area contributed by atoms with Gasteiger partial charge >= 0.3 is 5.97 Å². The molecule has 2 saturated heterocycles. The molecule has 160 valence electrons. The number of ether oxygens (including phenoxy) is 1. The zero-order valence-corrected chi connectivity index (χ0v) is 17.9. The molecule has 2 amide bonds. The Morgan fingerprint density at radius 3 is 2.31 bits per heavy atom. The van der Waals surface area contributed by atoms with Crippen molar-refractivity contribution in [1.82, 2.24) is 14.8 Å². The molecule has 0 bridgehead atoms. The van der Waals surface area contributed by atoms with E-state index in [4.69, 9.17) is 4.74 Å². The Balaban J connectivity index is 1.72. The van der Waals surface area contributed by atoms with Gasteiger partial charge in [-0.25, -0.2) is 4.79 Å². The quantitative estimate of drug-likeness (QED) is 0.783. The molecule has 1 atom stereocenters. The highest BCUT2D eigenvalue weighted by molar-refractivity contribution is 6.00. The third kappa shape index (κ3) is 4.65. The maximum atomic E-state index is 13.2. The molecule has 0 spiro atoms. The van der Waals surface area contributed by atoms with Crippen LogP contribution >= 0.6 is 0 Å². The Morgan fingerprint density at radius 2 is 1.66 bits per heavy atom. The van der Waals surface area contributed by atoms with Crippen molar-refractivity contribution < 1.29 is 19.1 Å². The zero-order valence-electron chi connectivity index (χ0n) is 17.9. The summed E-state index contributed by atoms with van der Waals surface area (Å²) in [5.41, 5.74) is 2.11. The highest BCUT2D eigenvalue weighted by Crippen LogP contribution is 2.25. The van der Waals surface area contributed by atoms with E-state index in [1.165, 1.54) is 12.8 Å². The standard InChI is InChI=1S/C22H33N3O4/c1-4-29-22(28)18-15(2)19(23-16(18)3)21(27)25-13-9-10-17(14-25)20(26)24-11-7-5-6-8-12-24/h17,23H,4-14H2,1-3H3/t17-/m0/s1. The van der Waals surface area contributed by atoms with Gasteiger partial charge in [-0.05, 0) is 52.0 Å². The van der Waals surface area contributed by atoms with Crippen molar-refractivity contribution in [2.45, 2.75) is 59.3 Å². The van der Waals surface area contributed by atoms with E-state index in [-0.39, 0.29) is 17.7 Å². The molecular weight excluding hydrogens is 370 g/mol. The van der Waals surface area contributed by atoms with E-state index in [9.17, 15) is 14.4 Å². The van der Waals surface area contributed by atoms with Gasteiger partial charge in [0.2, 0.25) is 5.91 Å². The average molecular weight is 404 g/mol. The van der Waals surface area contributed by atoms with Gasteiger partial charge in [0.05, 0.1) is 18.1 Å². The lowest BCUT2D eigenvalue weighted by Crippen LogP contribution is -2.47. The largest absolute Gasteiger partial charge is 0.462 e. The molecule has 29 heavy (non-hydrogen) atoms. The lowest BCUT2D eigenvalue weighted by Gasteiger charge is -2.34. The number of carbonyl (C=O) groups is 3. The van der Waals surface area contributed by atoms with Gasteiger partial charge in [-0.1, -0.05) is 12.8 Å². The number of hydrogen-bond acceptors (Lipinski definition) is 4. The van der Waals surface area contributed by atoms with Crippen LogP contribution in [0.1, 0.15) is 77.6 Å². The van der Waals surface area contributed by atoms with Crippen LogP contribution in [0.15, 0.2) is 0 Å². The Labute approximate surface area is 172 Å². The molecule has 3 rings (SSSR count). The van der Waals surface area contributed by atoms with Gasteiger partial charge in [0.1, 0.15) is 5.69 Å². The number of esters is 1. The van der Waals surface area contributed by atoms with E-state index in [1.807, 2.05) is 4.90 Å². The minimum atomic E-state index is -0.411. The molecule has 1 aromatic heterocycles. The Morgan fingerprint density at radius 1 is 1.00 bits per heavy atom. The van der Waals surface area contributed by atoms with E-state index in [0.717, 1.165) is 38.8 Å². The normalized spacial score (nSPS) is 20.3. The summed E-state index contributed by atoms with van der Waals surface area (Å²) in [5, 5.41) is 0. The van der Waals surface area contributed by atoms with Crippen LogP contribution in [0, 0.1) is 19.8 Å². The van der Waals surface area contributed by atoms with Crippen molar-refractivity contribution >= 4 is 17.8 Å². The minimum Gasteiger partial charge on any atom is -0.462 e. The number of amides is 2. The summed E-state index contributed by atoms with van der Waals surface area (Å²) < 4.78 is 5.12. The fourth-order valence-electron chi connectivity index (χ4n) is 4.54. The van der Waals surface area contributed by atoms with Gasteiger partial charge < -0.3 is 19.5 Å². The summed E-state index contributed by atoms with van der Waals surface area (Å²) in [7, 11) is 0. The summed E-state index contributed by atoms with van der Waals surface area (Å²) in [6.45, 7) is 8.34. The smallest absolute Gasteiger partial charge is 0.340 e. The Kier molecular flexibility index (Phi) is 6.98. The molecule has 7 heteroatoms. The fraction of sp³-hybridized carbons (Fsp3) is 0.682. The fourth-order valence-corrected chi connectivity index (χ4v) is 4.54. The summed E-state index contributed by atoms with van der Waals surface area (Å²) in [5.74, 6) is -0.497. The SMILES string of the molecule is CCOC(=O)c1c(C)[nH]c(C(=O)N2CCC[C@H](C(=O)N3CCCCCC3)C2)c1C. The van der Waals surface area contributed by atoms with Gasteiger partial charge in [0.15, 0.2) is 0 Å². The molecule has 0 aliphatic carbocycles. The molecular formula is C22H33N3O4. The van der Waals surface area contributed by atoms with Gasteiger partial charge in [-0.2, -0.15) is 0 Å². The van der Waals surface area contributed by atoms with E-state index in [1.54, 1.807) is 25.7 Å². The lowest BCUT2D eigenvalue weighted by atomic mass is 9.95. The molecule has 3 heterocycles. The molecule has 0 saturated carbocycles. The molecule has 7 nitrogen and oxygen atoms in total. The first-order valence-corrected chi connectivity index (χ1v) is 10.9. The number of hydrogen-bond donors (Lipinski definition) is 1. The molecule has 0 unspecified atom stereocenters. The van der Waals surface area contributed by atoms with Crippen LogP contribution in [0.5, 0.6) is 0 Å². The first kappa shape index (κ1) is 21.4. The van der Waals surface area contributed by atoms with Gasteiger partial charge in [-0.15, -0.1) is 0 Å². The highest BCUT2D eigenvalue weighted by Gasteiger charge is 2.33. The summed E-state index contributed by atoms with van der Waals surface area (Å²) in [6, 6.07) is 0. The predicted molar refractivity (Wildman–Crippen MR) is 110 cm³/mol. The van der Waals surface area contributed by atoms with Crippen LogP contribution in [-0.2, 0) is 9.53 Å². The molecule has 2 aliphatic rings. The van der Waals surface area contributed by atoms with Gasteiger partial charge in [0, 0.05) is 31.9 Å². The molecule has 1 N–H and O–H groups in total. The van der Waals surface area contributed by atoms with Crippen LogP contribution in [0.3, 0.4) is 0 Å². The van der Waals surface area contributed by atoms with Crippen molar-refractivity contribution in [2.24, 2.45) is 5.92 Å².